The smallest absolute Gasteiger partial charge is 0.279 e. The fourth-order valence-corrected chi connectivity index (χ4v) is 4.33. The second kappa shape index (κ2) is 7.17. The lowest BCUT2D eigenvalue weighted by molar-refractivity contribution is 0.169. The van der Waals surface area contributed by atoms with Crippen molar-refractivity contribution in [3.8, 4) is 0 Å². The van der Waals surface area contributed by atoms with Crippen LogP contribution >= 0.6 is 0 Å². The minimum absolute atomic E-state index is 0.163. The first kappa shape index (κ1) is 16.2. The fraction of sp³-hybridized carbons (Fsp3) is 1.00. The Kier molecular flexibility index (Phi) is 5.80. The molecule has 20 heavy (non-hydrogen) atoms. The van der Waals surface area contributed by atoms with Crippen molar-refractivity contribution < 1.29 is 13.5 Å². The first-order valence-corrected chi connectivity index (χ1v) is 9.07. The summed E-state index contributed by atoms with van der Waals surface area (Å²) in [4.78, 5) is 2.35. The van der Waals surface area contributed by atoms with Crippen molar-refractivity contribution >= 4 is 10.2 Å². The molecule has 0 spiro atoms. The molecule has 0 aromatic carbocycles. The number of nitrogens with one attached hydrogen (secondary N) is 1. The van der Waals surface area contributed by atoms with E-state index in [2.05, 4.69) is 16.5 Å². The third-order valence-electron chi connectivity index (χ3n) is 4.54. The Morgan fingerprint density at radius 1 is 1.15 bits per heavy atom. The van der Waals surface area contributed by atoms with Gasteiger partial charge in [0, 0.05) is 32.8 Å². The van der Waals surface area contributed by atoms with Crippen molar-refractivity contribution in [1.29, 1.82) is 0 Å². The maximum absolute atomic E-state index is 12.2. The standard InChI is InChI=1S/C13H27N3O3S/c1-2-15-6-3-13(10-15)9-14-20(18,19)16-7-4-12(11-17)5-8-16/h12-14,17H,2-11H2,1H3. The van der Waals surface area contributed by atoms with Crippen molar-refractivity contribution in [2.75, 3.05) is 45.9 Å². The molecule has 0 radical (unpaired) electrons. The lowest BCUT2D eigenvalue weighted by atomic mass is 10.00. The zero-order valence-corrected chi connectivity index (χ0v) is 13.1. The Hall–Kier alpha value is -0.210. The number of likely N-dealkylation sites (tertiary alicyclic amines) is 1. The summed E-state index contributed by atoms with van der Waals surface area (Å²) in [5.74, 6) is 0.689. The summed E-state index contributed by atoms with van der Waals surface area (Å²) in [7, 11) is -3.34. The van der Waals surface area contributed by atoms with E-state index in [1.807, 2.05) is 0 Å². The average molecular weight is 305 g/mol. The third-order valence-corrected chi connectivity index (χ3v) is 6.12. The van der Waals surface area contributed by atoms with Gasteiger partial charge in [-0.2, -0.15) is 12.7 Å². The molecular weight excluding hydrogens is 278 g/mol. The maximum atomic E-state index is 12.2. The summed E-state index contributed by atoms with van der Waals surface area (Å²) in [6, 6.07) is 0. The van der Waals surface area contributed by atoms with Gasteiger partial charge < -0.3 is 10.0 Å². The Labute approximate surface area is 122 Å². The molecular formula is C13H27N3O3S. The Bertz CT molecular complexity index is 394. The number of aliphatic hydroxyl groups is 1. The molecule has 1 atom stereocenters. The molecule has 2 aliphatic rings. The van der Waals surface area contributed by atoms with E-state index in [4.69, 9.17) is 5.11 Å². The van der Waals surface area contributed by atoms with E-state index in [1.54, 1.807) is 0 Å². The predicted molar refractivity (Wildman–Crippen MR) is 78.5 cm³/mol. The van der Waals surface area contributed by atoms with Gasteiger partial charge in [0.2, 0.25) is 0 Å². The molecule has 2 aliphatic heterocycles. The topological polar surface area (TPSA) is 72.9 Å². The van der Waals surface area contributed by atoms with E-state index in [1.165, 1.54) is 4.31 Å². The van der Waals surface area contributed by atoms with Gasteiger partial charge in [0.15, 0.2) is 0 Å². The molecule has 118 valence electrons. The molecule has 2 fully saturated rings. The molecule has 2 heterocycles. The second-order valence-electron chi connectivity index (χ2n) is 5.93. The molecule has 0 aliphatic carbocycles. The van der Waals surface area contributed by atoms with Crippen molar-refractivity contribution in [3.63, 3.8) is 0 Å². The average Bonchev–Trinajstić information content (AvgIpc) is 2.93. The Morgan fingerprint density at radius 3 is 2.35 bits per heavy atom. The highest BCUT2D eigenvalue weighted by Crippen LogP contribution is 2.19. The molecule has 6 nitrogen and oxygen atoms in total. The quantitative estimate of drug-likeness (QED) is 0.717. The van der Waals surface area contributed by atoms with Crippen LogP contribution in [0.5, 0.6) is 0 Å². The minimum Gasteiger partial charge on any atom is -0.396 e. The number of rotatable bonds is 6. The highest BCUT2D eigenvalue weighted by molar-refractivity contribution is 7.87. The van der Waals surface area contributed by atoms with Crippen LogP contribution in [0.4, 0.5) is 0 Å². The molecule has 2 rings (SSSR count). The van der Waals surface area contributed by atoms with Crippen molar-refractivity contribution in [2.24, 2.45) is 11.8 Å². The molecule has 0 bridgehead atoms. The first-order chi connectivity index (χ1) is 9.55. The van der Waals surface area contributed by atoms with Gasteiger partial charge in [0.05, 0.1) is 0 Å². The van der Waals surface area contributed by atoms with Gasteiger partial charge in [-0.3, -0.25) is 0 Å². The second-order valence-corrected chi connectivity index (χ2v) is 7.68. The number of aliphatic hydroxyl groups excluding tert-OH is 1. The fourth-order valence-electron chi connectivity index (χ4n) is 3.01. The summed E-state index contributed by atoms with van der Waals surface area (Å²) in [6.45, 7) is 6.99. The van der Waals surface area contributed by atoms with Crippen molar-refractivity contribution in [3.05, 3.63) is 0 Å². The molecule has 0 saturated carbocycles. The van der Waals surface area contributed by atoms with Gasteiger partial charge in [-0.25, -0.2) is 4.72 Å². The normalized spacial score (nSPS) is 27.2. The number of nitrogens with zero attached hydrogens (tertiary/aromatic N) is 2. The summed E-state index contributed by atoms with van der Waals surface area (Å²) in [5.41, 5.74) is 0. The van der Waals surface area contributed by atoms with Crippen LogP contribution in [-0.2, 0) is 10.2 Å². The highest BCUT2D eigenvalue weighted by Gasteiger charge is 2.29. The molecule has 0 aromatic rings. The van der Waals surface area contributed by atoms with E-state index < -0.39 is 10.2 Å². The van der Waals surface area contributed by atoms with Crippen molar-refractivity contribution in [2.45, 2.75) is 26.2 Å². The van der Waals surface area contributed by atoms with Gasteiger partial charge in [0.25, 0.3) is 10.2 Å². The van der Waals surface area contributed by atoms with Crippen LogP contribution in [0.1, 0.15) is 26.2 Å². The van der Waals surface area contributed by atoms with Gasteiger partial charge in [-0.1, -0.05) is 6.92 Å². The molecule has 7 heteroatoms. The zero-order valence-electron chi connectivity index (χ0n) is 12.3. The van der Waals surface area contributed by atoms with E-state index in [0.29, 0.717) is 25.6 Å². The monoisotopic (exact) mass is 305 g/mol. The zero-order chi connectivity index (χ0) is 14.6. The third kappa shape index (κ3) is 4.14. The lowest BCUT2D eigenvalue weighted by Gasteiger charge is -2.30. The van der Waals surface area contributed by atoms with Crippen LogP contribution in [0, 0.1) is 11.8 Å². The van der Waals surface area contributed by atoms with Gasteiger partial charge in [0.1, 0.15) is 0 Å². The van der Waals surface area contributed by atoms with E-state index in [-0.39, 0.29) is 12.5 Å². The van der Waals surface area contributed by atoms with Gasteiger partial charge >= 0.3 is 0 Å². The summed E-state index contributed by atoms with van der Waals surface area (Å²) < 4.78 is 28.7. The van der Waals surface area contributed by atoms with Gasteiger partial charge in [-0.15, -0.1) is 0 Å². The van der Waals surface area contributed by atoms with Crippen LogP contribution in [0.3, 0.4) is 0 Å². The minimum atomic E-state index is -3.34. The molecule has 0 amide bonds. The van der Waals surface area contributed by atoms with Crippen LogP contribution in [0.2, 0.25) is 0 Å². The molecule has 2 N–H and O–H groups in total. The molecule has 1 unspecified atom stereocenters. The summed E-state index contributed by atoms with van der Waals surface area (Å²) in [5, 5.41) is 9.09. The molecule has 2 saturated heterocycles. The number of hydrogen-bond acceptors (Lipinski definition) is 4. The van der Waals surface area contributed by atoms with Crippen LogP contribution in [-0.4, -0.2) is 68.6 Å². The van der Waals surface area contributed by atoms with E-state index in [9.17, 15) is 8.42 Å². The van der Waals surface area contributed by atoms with Gasteiger partial charge in [-0.05, 0) is 44.2 Å². The Balaban J connectivity index is 1.77. The number of piperidine rings is 1. The summed E-state index contributed by atoms with van der Waals surface area (Å²) in [6.07, 6.45) is 2.58. The number of hydrogen-bond donors (Lipinski definition) is 2. The largest absolute Gasteiger partial charge is 0.396 e. The summed E-state index contributed by atoms with van der Waals surface area (Å²) >= 11 is 0. The van der Waals surface area contributed by atoms with Crippen molar-refractivity contribution in [1.82, 2.24) is 13.9 Å². The van der Waals surface area contributed by atoms with E-state index in [0.717, 1.165) is 38.9 Å². The predicted octanol–water partition coefficient (Wildman–Crippen LogP) is -0.133. The van der Waals surface area contributed by atoms with Crippen LogP contribution in [0.15, 0.2) is 0 Å². The van der Waals surface area contributed by atoms with Crippen LogP contribution in [0.25, 0.3) is 0 Å². The Morgan fingerprint density at radius 2 is 1.80 bits per heavy atom. The van der Waals surface area contributed by atoms with Crippen LogP contribution < -0.4 is 4.72 Å². The molecule has 0 aromatic heterocycles. The van der Waals surface area contributed by atoms with E-state index >= 15 is 0 Å². The SMILES string of the molecule is CCN1CCC(CNS(=O)(=O)N2CCC(CO)CC2)C1. The maximum Gasteiger partial charge on any atom is 0.279 e. The highest BCUT2D eigenvalue weighted by atomic mass is 32.2. The lowest BCUT2D eigenvalue weighted by Crippen LogP contribution is -2.46. The first-order valence-electron chi connectivity index (χ1n) is 7.63.